The normalized spacial score (nSPS) is 19.8. The predicted octanol–water partition coefficient (Wildman–Crippen LogP) is 3.30. The monoisotopic (exact) mass is 296 g/mol. The Balaban J connectivity index is 2.54. The van der Waals surface area contributed by atoms with Crippen LogP contribution in [0.1, 0.15) is 32.6 Å². The van der Waals surface area contributed by atoms with Gasteiger partial charge in [-0.25, -0.2) is 4.90 Å². The van der Waals surface area contributed by atoms with Gasteiger partial charge in [-0.1, -0.05) is 61.0 Å². The lowest BCUT2D eigenvalue weighted by atomic mass is 10.2. The molecule has 0 spiro atoms. The van der Waals surface area contributed by atoms with Crippen LogP contribution < -0.4 is 0 Å². The number of unbranched alkanes of at least 4 members (excludes halogenated alkanes) is 3. The lowest BCUT2D eigenvalue weighted by Gasteiger charge is -2.31. The smallest absolute Gasteiger partial charge is 0.231 e. The fourth-order valence-corrected chi connectivity index (χ4v) is 2.33. The van der Waals surface area contributed by atoms with Crippen molar-refractivity contribution in [2.75, 3.05) is 6.54 Å². The number of nitriles is 1. The second-order valence-corrected chi connectivity index (χ2v) is 6.25. The minimum Gasteiger partial charge on any atom is -0.268 e. The van der Waals surface area contributed by atoms with Crippen LogP contribution in [-0.2, 0) is 0 Å². The topological polar surface area (TPSA) is 42.6 Å². The molecule has 0 aliphatic carbocycles. The zero-order valence-electron chi connectivity index (χ0n) is 9.61. The Labute approximate surface area is 117 Å². The van der Waals surface area contributed by atoms with Crippen molar-refractivity contribution in [2.45, 2.75) is 42.6 Å². The second kappa shape index (κ2) is 6.53. The summed E-state index contributed by atoms with van der Waals surface area (Å²) in [4.78, 5) is 1.26. The molecule has 0 amide bonds. The van der Waals surface area contributed by atoms with Crippen LogP contribution in [0.2, 0.25) is 0 Å². The van der Waals surface area contributed by atoms with Gasteiger partial charge in [0.15, 0.2) is 12.4 Å². The molecule has 0 saturated heterocycles. The van der Waals surface area contributed by atoms with Gasteiger partial charge in [0.05, 0.1) is 0 Å². The predicted molar refractivity (Wildman–Crippen MR) is 70.9 cm³/mol. The third-order valence-electron chi connectivity index (χ3n) is 2.52. The van der Waals surface area contributed by atoms with Gasteiger partial charge in [0, 0.05) is 6.54 Å². The van der Waals surface area contributed by atoms with Crippen LogP contribution in [0.4, 0.5) is 0 Å². The molecule has 96 valence electrons. The lowest BCUT2D eigenvalue weighted by molar-refractivity contribution is 0.161. The minimum absolute atomic E-state index is 0.640. The van der Waals surface area contributed by atoms with E-state index in [0.29, 0.717) is 6.54 Å². The van der Waals surface area contributed by atoms with Crippen LogP contribution in [0.3, 0.4) is 0 Å². The second-order valence-electron chi connectivity index (χ2n) is 3.88. The fraction of sp³-hybridized carbons (Fsp3) is 0.800. The van der Waals surface area contributed by atoms with Crippen molar-refractivity contribution in [2.24, 2.45) is 5.10 Å². The van der Waals surface area contributed by atoms with Crippen LogP contribution in [0.15, 0.2) is 5.10 Å². The third kappa shape index (κ3) is 4.09. The highest BCUT2D eigenvalue weighted by molar-refractivity contribution is 6.68. The molecule has 1 aliphatic heterocycles. The summed E-state index contributed by atoms with van der Waals surface area (Å²) in [6, 6.07) is 0. The van der Waals surface area contributed by atoms with E-state index < -0.39 is 9.96 Å². The molecule has 0 aromatic carbocycles. The maximum absolute atomic E-state index is 8.91. The first-order chi connectivity index (χ1) is 8.00. The van der Waals surface area contributed by atoms with E-state index in [0.717, 1.165) is 12.8 Å². The van der Waals surface area contributed by atoms with Crippen molar-refractivity contribution in [3.05, 3.63) is 0 Å². The molecule has 0 aromatic rings. The molecular formula is C10H15Cl3N4. The van der Waals surface area contributed by atoms with Crippen LogP contribution in [0, 0.1) is 11.5 Å². The van der Waals surface area contributed by atoms with Crippen molar-refractivity contribution >= 4 is 41.1 Å². The number of hydrogen-bond acceptors (Lipinski definition) is 4. The van der Waals surface area contributed by atoms with Crippen LogP contribution in [0.5, 0.6) is 0 Å². The highest BCUT2D eigenvalue weighted by Gasteiger charge is 2.43. The van der Waals surface area contributed by atoms with E-state index in [4.69, 9.17) is 40.1 Å². The molecule has 1 aliphatic rings. The Morgan fingerprint density at radius 2 is 2.06 bits per heavy atom. The summed E-state index contributed by atoms with van der Waals surface area (Å²) in [5.41, 5.74) is 0. The van der Waals surface area contributed by atoms with E-state index >= 15 is 0 Å². The Kier molecular flexibility index (Phi) is 5.64. The van der Waals surface area contributed by atoms with Gasteiger partial charge < -0.3 is 0 Å². The van der Waals surface area contributed by atoms with E-state index in [1.165, 1.54) is 24.1 Å². The van der Waals surface area contributed by atoms with Crippen molar-refractivity contribution in [1.82, 2.24) is 9.91 Å². The molecule has 7 heteroatoms. The SMILES string of the molecule is CCCCCCN1N=CN(C#N)C1C(Cl)(Cl)Cl. The van der Waals surface area contributed by atoms with Gasteiger partial charge in [-0.3, -0.25) is 5.01 Å². The number of halogens is 3. The number of rotatable bonds is 5. The molecule has 1 atom stereocenters. The summed E-state index contributed by atoms with van der Waals surface area (Å²) < 4.78 is -1.56. The van der Waals surface area contributed by atoms with Gasteiger partial charge in [-0.2, -0.15) is 10.4 Å². The quantitative estimate of drug-likeness (QED) is 0.444. The van der Waals surface area contributed by atoms with Crippen LogP contribution in [0.25, 0.3) is 0 Å². The van der Waals surface area contributed by atoms with E-state index in [2.05, 4.69) is 12.0 Å². The standard InChI is InChI=1S/C10H15Cl3N4/c1-2-3-4-5-6-17-9(10(11,12)13)16(7-14)8-15-17/h8-9H,2-6H2,1H3. The molecule has 1 heterocycles. The zero-order valence-corrected chi connectivity index (χ0v) is 11.9. The highest BCUT2D eigenvalue weighted by atomic mass is 35.6. The molecule has 0 N–H and O–H groups in total. The number of hydrogen-bond donors (Lipinski definition) is 0. The van der Waals surface area contributed by atoms with E-state index in [1.54, 1.807) is 5.01 Å². The number of alkyl halides is 3. The first-order valence-electron chi connectivity index (χ1n) is 5.56. The Hall–Kier alpha value is -0.370. The Morgan fingerprint density at radius 1 is 1.35 bits per heavy atom. The Bertz CT molecular complexity index is 308. The van der Waals surface area contributed by atoms with E-state index in [-0.39, 0.29) is 0 Å². The average molecular weight is 298 g/mol. The summed E-state index contributed by atoms with van der Waals surface area (Å²) >= 11 is 17.6. The number of hydrazone groups is 1. The van der Waals surface area contributed by atoms with Crippen molar-refractivity contribution < 1.29 is 0 Å². The molecule has 4 nitrogen and oxygen atoms in total. The summed E-state index contributed by atoms with van der Waals surface area (Å²) in [6.07, 6.45) is 7.13. The molecule has 1 unspecified atom stereocenters. The summed E-state index contributed by atoms with van der Waals surface area (Å²) in [6.45, 7) is 2.84. The molecule has 0 radical (unpaired) electrons. The first kappa shape index (κ1) is 14.7. The Morgan fingerprint density at radius 3 is 2.59 bits per heavy atom. The fourth-order valence-electron chi connectivity index (χ4n) is 1.68. The van der Waals surface area contributed by atoms with Crippen molar-refractivity contribution in [3.8, 4) is 6.19 Å². The van der Waals surface area contributed by atoms with Crippen LogP contribution in [-0.4, -0.2) is 32.8 Å². The first-order valence-corrected chi connectivity index (χ1v) is 6.69. The molecule has 0 saturated carbocycles. The van der Waals surface area contributed by atoms with Crippen molar-refractivity contribution in [1.29, 1.82) is 5.26 Å². The van der Waals surface area contributed by atoms with Gasteiger partial charge in [0.25, 0.3) is 0 Å². The van der Waals surface area contributed by atoms with Crippen LogP contribution >= 0.6 is 34.8 Å². The molecule has 0 bridgehead atoms. The molecule has 1 rings (SSSR count). The van der Waals surface area contributed by atoms with Gasteiger partial charge in [-0.15, -0.1) is 0 Å². The van der Waals surface area contributed by atoms with Crippen molar-refractivity contribution in [3.63, 3.8) is 0 Å². The third-order valence-corrected chi connectivity index (χ3v) is 3.10. The maximum atomic E-state index is 8.91. The maximum Gasteiger partial charge on any atom is 0.231 e. The zero-order chi connectivity index (χ0) is 12.9. The summed E-state index contributed by atoms with van der Waals surface area (Å²) in [5, 5.41) is 14.7. The summed E-state index contributed by atoms with van der Waals surface area (Å²) in [7, 11) is 0. The minimum atomic E-state index is -1.56. The number of nitrogens with zero attached hydrogens (tertiary/aromatic N) is 4. The summed E-state index contributed by atoms with van der Waals surface area (Å²) in [5.74, 6) is 0. The largest absolute Gasteiger partial charge is 0.268 e. The molecule has 17 heavy (non-hydrogen) atoms. The average Bonchev–Trinajstić information content (AvgIpc) is 2.67. The van der Waals surface area contributed by atoms with Gasteiger partial charge in [-0.05, 0) is 6.42 Å². The van der Waals surface area contributed by atoms with E-state index in [1.807, 2.05) is 6.19 Å². The lowest BCUT2D eigenvalue weighted by Crippen LogP contribution is -2.47. The van der Waals surface area contributed by atoms with Gasteiger partial charge in [0.1, 0.15) is 6.34 Å². The van der Waals surface area contributed by atoms with Gasteiger partial charge in [0.2, 0.25) is 3.79 Å². The van der Waals surface area contributed by atoms with E-state index in [9.17, 15) is 0 Å². The molecule has 0 aromatic heterocycles. The highest BCUT2D eigenvalue weighted by Crippen LogP contribution is 2.36. The van der Waals surface area contributed by atoms with Gasteiger partial charge >= 0.3 is 0 Å². The molecular weight excluding hydrogens is 282 g/mol. The molecule has 0 fully saturated rings.